The molecule has 0 bridgehead atoms. The van der Waals surface area contributed by atoms with Crippen LogP contribution in [-0.2, 0) is 0 Å². The van der Waals surface area contributed by atoms with Crippen molar-refractivity contribution in [2.24, 2.45) is 0 Å². The molecular formula is C18H26N6S. The third kappa shape index (κ3) is 3.86. The van der Waals surface area contributed by atoms with E-state index in [1.165, 1.54) is 5.56 Å². The van der Waals surface area contributed by atoms with Crippen LogP contribution in [0, 0.1) is 13.8 Å². The number of hydrogen-bond donors (Lipinski definition) is 0. The molecule has 134 valence electrons. The Bertz CT molecular complexity index is 740. The van der Waals surface area contributed by atoms with Crippen LogP contribution in [0.25, 0.3) is 0 Å². The molecular weight excluding hydrogens is 332 g/mol. The highest BCUT2D eigenvalue weighted by atomic mass is 32.2. The molecule has 0 aliphatic carbocycles. The van der Waals surface area contributed by atoms with Gasteiger partial charge in [0.25, 0.3) is 0 Å². The van der Waals surface area contributed by atoms with E-state index in [1.54, 1.807) is 11.8 Å². The largest absolute Gasteiger partial charge is 0.353 e. The van der Waals surface area contributed by atoms with E-state index < -0.39 is 0 Å². The van der Waals surface area contributed by atoms with E-state index in [2.05, 4.69) is 47.5 Å². The fraction of sp³-hybridized carbons (Fsp3) is 0.556. The molecule has 0 unspecified atom stereocenters. The molecule has 3 heterocycles. The predicted molar refractivity (Wildman–Crippen MR) is 104 cm³/mol. The highest BCUT2D eigenvalue weighted by molar-refractivity contribution is 7.98. The van der Waals surface area contributed by atoms with Gasteiger partial charge in [0.05, 0.1) is 0 Å². The van der Waals surface area contributed by atoms with Crippen LogP contribution in [0.2, 0.25) is 0 Å². The summed E-state index contributed by atoms with van der Waals surface area (Å²) in [4.78, 5) is 23.1. The zero-order valence-corrected chi connectivity index (χ0v) is 16.5. The van der Waals surface area contributed by atoms with Gasteiger partial charge in [-0.1, -0.05) is 25.6 Å². The van der Waals surface area contributed by atoms with E-state index in [1.807, 2.05) is 18.5 Å². The highest BCUT2D eigenvalue weighted by Crippen LogP contribution is 2.25. The fourth-order valence-corrected chi connectivity index (χ4v) is 3.36. The lowest BCUT2D eigenvalue weighted by molar-refractivity contribution is 0.630. The van der Waals surface area contributed by atoms with Crippen LogP contribution in [0.3, 0.4) is 0 Å². The Morgan fingerprint density at radius 2 is 1.68 bits per heavy atom. The van der Waals surface area contributed by atoms with E-state index in [-0.39, 0.29) is 0 Å². The van der Waals surface area contributed by atoms with Crippen molar-refractivity contribution in [1.82, 2.24) is 19.9 Å². The van der Waals surface area contributed by atoms with Crippen molar-refractivity contribution in [3.05, 3.63) is 29.3 Å². The minimum atomic E-state index is 0.345. The Labute approximate surface area is 154 Å². The predicted octanol–water partition coefficient (Wildman–Crippen LogP) is 3.06. The maximum atomic E-state index is 4.74. The summed E-state index contributed by atoms with van der Waals surface area (Å²) < 4.78 is 0. The number of aryl methyl sites for hydroxylation is 1. The monoisotopic (exact) mass is 358 g/mol. The maximum Gasteiger partial charge on any atom is 0.189 e. The van der Waals surface area contributed by atoms with Crippen LogP contribution in [0.15, 0.2) is 17.4 Å². The van der Waals surface area contributed by atoms with Crippen molar-refractivity contribution in [3.63, 3.8) is 0 Å². The first-order valence-electron chi connectivity index (χ1n) is 8.71. The number of hydrogen-bond acceptors (Lipinski definition) is 7. The van der Waals surface area contributed by atoms with Crippen LogP contribution < -0.4 is 9.80 Å². The number of aromatic nitrogens is 4. The lowest BCUT2D eigenvalue weighted by atomic mass is 10.2. The summed E-state index contributed by atoms with van der Waals surface area (Å²) in [5.74, 6) is 3.35. The third-order valence-electron chi connectivity index (χ3n) is 4.60. The number of rotatable bonds is 4. The summed E-state index contributed by atoms with van der Waals surface area (Å²) in [6, 6.07) is 2.01. The molecule has 7 heteroatoms. The average Bonchev–Trinajstić information content (AvgIpc) is 2.64. The van der Waals surface area contributed by atoms with Crippen LogP contribution in [0.4, 0.5) is 11.6 Å². The summed E-state index contributed by atoms with van der Waals surface area (Å²) in [7, 11) is 0. The van der Waals surface area contributed by atoms with E-state index in [0.29, 0.717) is 5.92 Å². The Balaban J connectivity index is 1.74. The lowest BCUT2D eigenvalue weighted by Gasteiger charge is -2.37. The first-order chi connectivity index (χ1) is 12.0. The van der Waals surface area contributed by atoms with Crippen molar-refractivity contribution >= 4 is 23.4 Å². The number of piperazine rings is 1. The standard InChI is InChI=1S/C18H26N6S/c1-12(2)16-19-7-6-15(21-16)23-8-10-24(11-9-23)17-13(3)14(4)20-18(22-17)25-5/h6-7,12H,8-11H2,1-5H3. The zero-order chi connectivity index (χ0) is 18.0. The summed E-state index contributed by atoms with van der Waals surface area (Å²) in [5.41, 5.74) is 2.24. The number of anilines is 2. The Morgan fingerprint density at radius 3 is 2.32 bits per heavy atom. The number of nitrogens with zero attached hydrogens (tertiary/aromatic N) is 6. The molecule has 0 N–H and O–H groups in total. The van der Waals surface area contributed by atoms with Gasteiger partial charge in [0.2, 0.25) is 0 Å². The van der Waals surface area contributed by atoms with E-state index in [4.69, 9.17) is 9.97 Å². The van der Waals surface area contributed by atoms with Crippen LogP contribution in [0.1, 0.15) is 36.8 Å². The summed E-state index contributed by atoms with van der Waals surface area (Å²) >= 11 is 1.60. The third-order valence-corrected chi connectivity index (χ3v) is 5.15. The van der Waals surface area contributed by atoms with Crippen molar-refractivity contribution < 1.29 is 0 Å². The summed E-state index contributed by atoms with van der Waals surface area (Å²) in [6.07, 6.45) is 3.89. The first-order valence-corrected chi connectivity index (χ1v) is 9.94. The van der Waals surface area contributed by atoms with Crippen molar-refractivity contribution in [1.29, 1.82) is 0 Å². The Hall–Kier alpha value is -1.89. The molecule has 1 saturated heterocycles. The van der Waals surface area contributed by atoms with Gasteiger partial charge < -0.3 is 9.80 Å². The van der Waals surface area contributed by atoms with Gasteiger partial charge in [-0.15, -0.1) is 0 Å². The normalized spacial score (nSPS) is 15.1. The lowest BCUT2D eigenvalue weighted by Crippen LogP contribution is -2.47. The minimum absolute atomic E-state index is 0.345. The van der Waals surface area contributed by atoms with Crippen molar-refractivity contribution in [2.45, 2.75) is 38.8 Å². The highest BCUT2D eigenvalue weighted by Gasteiger charge is 2.22. The van der Waals surface area contributed by atoms with Crippen molar-refractivity contribution in [2.75, 3.05) is 42.2 Å². The van der Waals surface area contributed by atoms with Gasteiger partial charge in [0.15, 0.2) is 5.16 Å². The smallest absolute Gasteiger partial charge is 0.189 e. The van der Waals surface area contributed by atoms with E-state index in [9.17, 15) is 0 Å². The maximum absolute atomic E-state index is 4.74. The van der Waals surface area contributed by atoms with Crippen LogP contribution in [0.5, 0.6) is 0 Å². The van der Waals surface area contributed by atoms with E-state index in [0.717, 1.165) is 54.5 Å². The first kappa shape index (κ1) is 17.9. The van der Waals surface area contributed by atoms with Gasteiger partial charge in [-0.3, -0.25) is 0 Å². The quantitative estimate of drug-likeness (QED) is 0.615. The topological polar surface area (TPSA) is 58.0 Å². The Morgan fingerprint density at radius 1 is 1.00 bits per heavy atom. The Kier molecular flexibility index (Phi) is 5.42. The van der Waals surface area contributed by atoms with Crippen molar-refractivity contribution in [3.8, 4) is 0 Å². The van der Waals surface area contributed by atoms with E-state index >= 15 is 0 Å². The summed E-state index contributed by atoms with van der Waals surface area (Å²) in [5, 5.41) is 0.845. The van der Waals surface area contributed by atoms with Gasteiger partial charge in [0.1, 0.15) is 17.5 Å². The SMILES string of the molecule is CSc1nc(C)c(C)c(N2CCN(c3ccnc(C(C)C)n3)CC2)n1. The second-order valence-corrected chi connectivity index (χ2v) is 7.42. The molecule has 0 spiro atoms. The molecule has 2 aromatic rings. The molecule has 0 amide bonds. The molecule has 1 fully saturated rings. The van der Waals surface area contributed by atoms with Gasteiger partial charge in [-0.25, -0.2) is 19.9 Å². The average molecular weight is 359 g/mol. The van der Waals surface area contributed by atoms with Crippen LogP contribution in [-0.4, -0.2) is 52.4 Å². The molecule has 6 nitrogen and oxygen atoms in total. The molecule has 0 radical (unpaired) electrons. The molecule has 25 heavy (non-hydrogen) atoms. The number of thioether (sulfide) groups is 1. The van der Waals surface area contributed by atoms with Gasteiger partial charge in [-0.2, -0.15) is 0 Å². The molecule has 0 saturated carbocycles. The van der Waals surface area contributed by atoms with Crippen LogP contribution >= 0.6 is 11.8 Å². The molecule has 0 aromatic carbocycles. The molecule has 3 rings (SSSR count). The fourth-order valence-electron chi connectivity index (χ4n) is 2.95. The zero-order valence-electron chi connectivity index (χ0n) is 15.7. The molecule has 1 aliphatic rings. The molecule has 0 atom stereocenters. The molecule has 2 aromatic heterocycles. The molecule has 1 aliphatic heterocycles. The van der Waals surface area contributed by atoms with Gasteiger partial charge in [-0.05, 0) is 26.2 Å². The minimum Gasteiger partial charge on any atom is -0.353 e. The summed E-state index contributed by atoms with van der Waals surface area (Å²) in [6.45, 7) is 12.2. The second-order valence-electron chi connectivity index (χ2n) is 6.65. The van der Waals surface area contributed by atoms with Gasteiger partial charge in [0, 0.05) is 49.6 Å². The van der Waals surface area contributed by atoms with Gasteiger partial charge >= 0.3 is 0 Å². The second kappa shape index (κ2) is 7.56.